The molecule has 0 atom stereocenters. The molecule has 1 saturated heterocycles. The molecule has 0 unspecified atom stereocenters. The molecular formula is C22H32N4. The van der Waals surface area contributed by atoms with Gasteiger partial charge in [-0.3, -0.25) is 4.90 Å². The van der Waals surface area contributed by atoms with E-state index in [1.54, 1.807) is 0 Å². The summed E-state index contributed by atoms with van der Waals surface area (Å²) in [5.74, 6) is 0.586. The fraction of sp³-hybridized carbons (Fsp3) is 0.500. The predicted molar refractivity (Wildman–Crippen MR) is 110 cm³/mol. The molecule has 3 N–H and O–H groups in total. The van der Waals surface area contributed by atoms with Gasteiger partial charge in [-0.2, -0.15) is 0 Å². The van der Waals surface area contributed by atoms with Crippen LogP contribution in [0.25, 0.3) is 0 Å². The second-order valence-corrected chi connectivity index (χ2v) is 7.38. The van der Waals surface area contributed by atoms with E-state index in [1.165, 1.54) is 49.9 Å². The average Bonchev–Trinajstić information content (AvgIpc) is 2.64. The van der Waals surface area contributed by atoms with Crippen LogP contribution >= 0.6 is 0 Å². The third kappa shape index (κ3) is 5.73. The van der Waals surface area contributed by atoms with Crippen molar-refractivity contribution in [2.24, 2.45) is 0 Å². The molecule has 4 heteroatoms. The van der Waals surface area contributed by atoms with Crippen LogP contribution < -0.4 is 11.1 Å². The lowest BCUT2D eigenvalue weighted by atomic mass is 10.1. The highest BCUT2D eigenvalue weighted by Crippen LogP contribution is 2.18. The largest absolute Gasteiger partial charge is 0.385 e. The van der Waals surface area contributed by atoms with Crippen LogP contribution in [0.3, 0.4) is 0 Å². The fourth-order valence-electron chi connectivity index (χ4n) is 3.56. The summed E-state index contributed by atoms with van der Waals surface area (Å²) in [6.45, 7) is 6.72. The van der Waals surface area contributed by atoms with E-state index in [2.05, 4.69) is 52.5 Å². The molecule has 0 aliphatic carbocycles. The molecule has 0 spiro atoms. The molecule has 0 bridgehead atoms. The van der Waals surface area contributed by atoms with Gasteiger partial charge in [0.25, 0.3) is 0 Å². The van der Waals surface area contributed by atoms with E-state index in [0.717, 1.165) is 37.3 Å². The molecule has 2 aromatic rings. The number of likely N-dealkylation sites (tertiary alicyclic amines) is 1. The van der Waals surface area contributed by atoms with Crippen LogP contribution in [0.15, 0.2) is 36.4 Å². The highest BCUT2D eigenvalue weighted by atomic mass is 15.1. The number of nitrogens with zero attached hydrogens (tertiary/aromatic N) is 2. The number of nitrogens with one attached hydrogen (secondary N) is 1. The molecule has 140 valence electrons. The second-order valence-electron chi connectivity index (χ2n) is 7.38. The van der Waals surface area contributed by atoms with Gasteiger partial charge in [-0.05, 0) is 49.5 Å². The van der Waals surface area contributed by atoms with Gasteiger partial charge in [-0.1, -0.05) is 44.0 Å². The van der Waals surface area contributed by atoms with Crippen molar-refractivity contribution in [1.29, 1.82) is 0 Å². The number of anilines is 2. The molecule has 1 fully saturated rings. The number of nitrogens with two attached hydrogens (primary N) is 1. The van der Waals surface area contributed by atoms with Crippen LogP contribution in [-0.4, -0.2) is 29.5 Å². The van der Waals surface area contributed by atoms with Crippen molar-refractivity contribution in [1.82, 2.24) is 9.88 Å². The molecule has 26 heavy (non-hydrogen) atoms. The van der Waals surface area contributed by atoms with E-state index in [9.17, 15) is 0 Å². The number of benzene rings is 1. The van der Waals surface area contributed by atoms with Crippen molar-refractivity contribution >= 4 is 11.5 Å². The van der Waals surface area contributed by atoms with Crippen LogP contribution in [-0.2, 0) is 13.0 Å². The van der Waals surface area contributed by atoms with Crippen LogP contribution in [0.5, 0.6) is 0 Å². The minimum absolute atomic E-state index is 0.586. The third-order valence-corrected chi connectivity index (χ3v) is 5.02. The van der Waals surface area contributed by atoms with Crippen molar-refractivity contribution in [2.75, 3.05) is 30.7 Å². The lowest BCUT2D eigenvalue weighted by Crippen LogP contribution is -2.29. The van der Waals surface area contributed by atoms with Crippen LogP contribution in [0.4, 0.5) is 11.5 Å². The van der Waals surface area contributed by atoms with Gasteiger partial charge in [0.2, 0.25) is 0 Å². The van der Waals surface area contributed by atoms with Crippen LogP contribution in [0.2, 0.25) is 0 Å². The van der Waals surface area contributed by atoms with Gasteiger partial charge in [0.05, 0.1) is 0 Å². The summed E-state index contributed by atoms with van der Waals surface area (Å²) >= 11 is 0. The molecule has 4 nitrogen and oxygen atoms in total. The molecule has 3 rings (SSSR count). The number of pyridine rings is 1. The summed E-state index contributed by atoms with van der Waals surface area (Å²) in [6.07, 6.45) is 7.23. The van der Waals surface area contributed by atoms with E-state index < -0.39 is 0 Å². The lowest BCUT2D eigenvalue weighted by Gasteiger charge is -2.26. The SMILES string of the molecule is CCCCNc1cc(N)nc(Cc2ccc(CN3CCCCC3)cc2)c1. The first-order chi connectivity index (χ1) is 12.7. The predicted octanol–water partition coefficient (Wildman–Crippen LogP) is 4.45. The zero-order valence-electron chi connectivity index (χ0n) is 16.0. The van der Waals surface area contributed by atoms with E-state index >= 15 is 0 Å². The summed E-state index contributed by atoms with van der Waals surface area (Å²) < 4.78 is 0. The average molecular weight is 353 g/mol. The minimum atomic E-state index is 0.586. The Bertz CT molecular complexity index is 675. The molecule has 0 amide bonds. The van der Waals surface area contributed by atoms with Crippen molar-refractivity contribution < 1.29 is 0 Å². The Labute approximate surface area is 157 Å². The Hall–Kier alpha value is -2.07. The Morgan fingerprint density at radius 3 is 2.50 bits per heavy atom. The molecule has 1 aliphatic rings. The van der Waals surface area contributed by atoms with Crippen LogP contribution in [0.1, 0.15) is 55.8 Å². The molecule has 0 radical (unpaired) electrons. The number of rotatable bonds is 8. The summed E-state index contributed by atoms with van der Waals surface area (Å²) in [7, 11) is 0. The van der Waals surface area contributed by atoms with E-state index in [1.807, 2.05) is 6.07 Å². The standard InChI is InChI=1S/C22H32N4/c1-2-3-11-24-20-15-21(25-22(23)16-20)14-18-7-9-19(10-8-18)17-26-12-5-4-6-13-26/h7-10,15-16H,2-6,11-14,17H2,1H3,(H3,23,24,25). The highest BCUT2D eigenvalue weighted by Gasteiger charge is 2.10. The molecule has 0 saturated carbocycles. The summed E-state index contributed by atoms with van der Waals surface area (Å²) in [4.78, 5) is 7.06. The van der Waals surface area contributed by atoms with E-state index in [-0.39, 0.29) is 0 Å². The molecular weight excluding hydrogens is 320 g/mol. The van der Waals surface area contributed by atoms with Crippen molar-refractivity contribution in [3.63, 3.8) is 0 Å². The second kappa shape index (κ2) is 9.58. The van der Waals surface area contributed by atoms with Gasteiger partial charge in [-0.15, -0.1) is 0 Å². The van der Waals surface area contributed by atoms with E-state index in [4.69, 9.17) is 5.73 Å². The first-order valence-corrected chi connectivity index (χ1v) is 10.0. The number of unbranched alkanes of at least 4 members (excludes halogenated alkanes) is 1. The number of piperidine rings is 1. The fourth-order valence-corrected chi connectivity index (χ4v) is 3.56. The number of hydrogen-bond donors (Lipinski definition) is 2. The maximum absolute atomic E-state index is 5.99. The van der Waals surface area contributed by atoms with Gasteiger partial charge < -0.3 is 11.1 Å². The Morgan fingerprint density at radius 2 is 1.77 bits per heavy atom. The van der Waals surface area contributed by atoms with Gasteiger partial charge in [0.1, 0.15) is 5.82 Å². The molecule has 2 heterocycles. The minimum Gasteiger partial charge on any atom is -0.385 e. The summed E-state index contributed by atoms with van der Waals surface area (Å²) in [6, 6.07) is 13.0. The normalized spacial score (nSPS) is 15.1. The van der Waals surface area contributed by atoms with E-state index in [0.29, 0.717) is 5.82 Å². The first kappa shape index (κ1) is 18.7. The number of aromatic nitrogens is 1. The molecule has 1 aromatic carbocycles. The summed E-state index contributed by atoms with van der Waals surface area (Å²) in [5, 5.41) is 3.44. The Balaban J connectivity index is 1.59. The highest BCUT2D eigenvalue weighted by molar-refractivity contribution is 5.52. The van der Waals surface area contributed by atoms with Crippen molar-refractivity contribution in [3.8, 4) is 0 Å². The number of hydrogen-bond acceptors (Lipinski definition) is 4. The topological polar surface area (TPSA) is 54.2 Å². The van der Waals surface area contributed by atoms with Gasteiger partial charge in [0.15, 0.2) is 0 Å². The van der Waals surface area contributed by atoms with Crippen LogP contribution in [0, 0.1) is 0 Å². The zero-order valence-corrected chi connectivity index (χ0v) is 16.0. The first-order valence-electron chi connectivity index (χ1n) is 10.0. The maximum Gasteiger partial charge on any atom is 0.125 e. The molecule has 1 aliphatic heterocycles. The number of nitrogen functional groups attached to an aromatic ring is 1. The smallest absolute Gasteiger partial charge is 0.125 e. The quantitative estimate of drug-likeness (QED) is 0.689. The zero-order chi connectivity index (χ0) is 18.2. The van der Waals surface area contributed by atoms with Crippen molar-refractivity contribution in [2.45, 2.75) is 52.0 Å². The third-order valence-electron chi connectivity index (χ3n) is 5.02. The Kier molecular flexibility index (Phi) is 6.89. The van der Waals surface area contributed by atoms with Crippen molar-refractivity contribution in [3.05, 3.63) is 53.2 Å². The maximum atomic E-state index is 5.99. The monoisotopic (exact) mass is 352 g/mol. The van der Waals surface area contributed by atoms with Gasteiger partial charge in [0, 0.05) is 37.0 Å². The van der Waals surface area contributed by atoms with Gasteiger partial charge >= 0.3 is 0 Å². The summed E-state index contributed by atoms with van der Waals surface area (Å²) in [5.41, 5.74) is 10.8. The lowest BCUT2D eigenvalue weighted by molar-refractivity contribution is 0.221. The molecule has 1 aromatic heterocycles. The van der Waals surface area contributed by atoms with Gasteiger partial charge in [-0.25, -0.2) is 4.98 Å². The Morgan fingerprint density at radius 1 is 1.04 bits per heavy atom.